The molecule has 0 fully saturated rings. The lowest BCUT2D eigenvalue weighted by molar-refractivity contribution is 0.0920. The molecule has 1 aromatic heterocycles. The van der Waals surface area contributed by atoms with E-state index in [9.17, 15) is 4.79 Å². The first-order valence-electron chi connectivity index (χ1n) is 10.4. The van der Waals surface area contributed by atoms with Crippen LogP contribution in [-0.4, -0.2) is 30.2 Å². The summed E-state index contributed by atoms with van der Waals surface area (Å²) in [4.78, 5) is 13.3. The van der Waals surface area contributed by atoms with Crippen molar-refractivity contribution < 1.29 is 14.3 Å². The highest BCUT2D eigenvalue weighted by Gasteiger charge is 2.16. The molecule has 0 bridgehead atoms. The molecule has 0 saturated carbocycles. The Hall–Kier alpha value is -3.11. The number of fused-ring (bicyclic) bond motifs is 3. The molecule has 154 valence electrons. The van der Waals surface area contributed by atoms with Crippen LogP contribution in [0.5, 0.6) is 5.75 Å². The smallest absolute Gasteiger partial charge is 0.193 e. The monoisotopic (exact) mass is 401 g/mol. The normalized spacial score (nSPS) is 12.4. The van der Waals surface area contributed by atoms with Crippen molar-refractivity contribution in [2.24, 2.45) is 0 Å². The Bertz CT molecular complexity index is 1220. The van der Waals surface area contributed by atoms with Crippen LogP contribution in [0.3, 0.4) is 0 Å². The Kier molecular flexibility index (Phi) is 5.60. The fraction of sp³-hybridized carbons (Fsp3) is 0.269. The standard InChI is InChI=1S/C26H27NO3/c1-5-27-24-9-7-6-8-22(24)23-15-19(10-13-25(23)27)26(28)21-12-11-20(14-17(21)2)30-18(3)16-29-4/h6-15,18H,5,16H2,1-4H3. The molecule has 4 heteroatoms. The van der Waals surface area contributed by atoms with Gasteiger partial charge in [-0.3, -0.25) is 4.79 Å². The number of nitrogens with zero attached hydrogens (tertiary/aromatic N) is 1. The summed E-state index contributed by atoms with van der Waals surface area (Å²) < 4.78 is 13.3. The summed E-state index contributed by atoms with van der Waals surface area (Å²) in [7, 11) is 1.65. The third kappa shape index (κ3) is 3.59. The number of hydrogen-bond acceptors (Lipinski definition) is 3. The van der Waals surface area contributed by atoms with Gasteiger partial charge in [0, 0.05) is 46.6 Å². The summed E-state index contributed by atoms with van der Waals surface area (Å²) >= 11 is 0. The minimum atomic E-state index is -0.0470. The number of para-hydroxylation sites is 1. The van der Waals surface area contributed by atoms with Gasteiger partial charge in [0.25, 0.3) is 0 Å². The van der Waals surface area contributed by atoms with E-state index in [0.717, 1.165) is 28.8 Å². The number of aromatic nitrogens is 1. The van der Waals surface area contributed by atoms with E-state index in [4.69, 9.17) is 9.47 Å². The van der Waals surface area contributed by atoms with Crippen LogP contribution in [0.4, 0.5) is 0 Å². The highest BCUT2D eigenvalue weighted by molar-refractivity contribution is 6.15. The van der Waals surface area contributed by atoms with E-state index in [2.05, 4.69) is 35.8 Å². The highest BCUT2D eigenvalue weighted by atomic mass is 16.5. The van der Waals surface area contributed by atoms with Crippen molar-refractivity contribution in [3.8, 4) is 5.75 Å². The van der Waals surface area contributed by atoms with Gasteiger partial charge in [0.2, 0.25) is 0 Å². The molecule has 4 aromatic rings. The zero-order valence-corrected chi connectivity index (χ0v) is 17.9. The summed E-state index contributed by atoms with van der Waals surface area (Å²) in [5.74, 6) is 0.772. The summed E-state index contributed by atoms with van der Waals surface area (Å²) in [5, 5.41) is 2.29. The van der Waals surface area contributed by atoms with E-state index in [1.54, 1.807) is 7.11 Å². The Morgan fingerprint density at radius 3 is 2.50 bits per heavy atom. The number of ketones is 1. The number of carbonyl (C=O) groups is 1. The highest BCUT2D eigenvalue weighted by Crippen LogP contribution is 2.31. The van der Waals surface area contributed by atoms with Gasteiger partial charge in [-0.1, -0.05) is 18.2 Å². The predicted octanol–water partition coefficient (Wildman–Crippen LogP) is 5.77. The molecule has 4 nitrogen and oxygen atoms in total. The number of aryl methyl sites for hydroxylation is 2. The first-order valence-corrected chi connectivity index (χ1v) is 10.4. The molecule has 0 radical (unpaired) electrons. The molecule has 1 unspecified atom stereocenters. The molecular formula is C26H27NO3. The van der Waals surface area contributed by atoms with Crippen molar-refractivity contribution >= 4 is 27.6 Å². The van der Waals surface area contributed by atoms with Crippen molar-refractivity contribution in [1.29, 1.82) is 0 Å². The fourth-order valence-electron chi connectivity index (χ4n) is 4.16. The maximum atomic E-state index is 13.3. The van der Waals surface area contributed by atoms with Gasteiger partial charge in [0.1, 0.15) is 11.9 Å². The fourth-order valence-corrected chi connectivity index (χ4v) is 4.16. The second-order valence-electron chi connectivity index (χ2n) is 7.68. The van der Waals surface area contributed by atoms with Crippen molar-refractivity contribution in [3.63, 3.8) is 0 Å². The number of carbonyl (C=O) groups excluding carboxylic acids is 1. The van der Waals surface area contributed by atoms with Crippen LogP contribution in [0.25, 0.3) is 21.8 Å². The molecule has 30 heavy (non-hydrogen) atoms. The molecule has 0 aliphatic rings. The molecule has 0 N–H and O–H groups in total. The first-order chi connectivity index (χ1) is 14.5. The number of methoxy groups -OCH3 is 1. The Morgan fingerprint density at radius 1 is 1.00 bits per heavy atom. The van der Waals surface area contributed by atoms with E-state index in [1.807, 2.05) is 50.2 Å². The van der Waals surface area contributed by atoms with E-state index in [1.165, 1.54) is 10.9 Å². The molecular weight excluding hydrogens is 374 g/mol. The quantitative estimate of drug-likeness (QED) is 0.369. The third-order valence-electron chi connectivity index (χ3n) is 5.53. The van der Waals surface area contributed by atoms with Gasteiger partial charge in [0.15, 0.2) is 5.78 Å². The predicted molar refractivity (Wildman–Crippen MR) is 122 cm³/mol. The molecule has 1 atom stereocenters. The van der Waals surface area contributed by atoms with E-state index >= 15 is 0 Å². The number of ether oxygens (including phenoxy) is 2. The second-order valence-corrected chi connectivity index (χ2v) is 7.68. The minimum Gasteiger partial charge on any atom is -0.488 e. The van der Waals surface area contributed by atoms with Gasteiger partial charge in [-0.25, -0.2) is 0 Å². The number of hydrogen-bond donors (Lipinski definition) is 0. The topological polar surface area (TPSA) is 40.5 Å². The van der Waals surface area contributed by atoms with Crippen molar-refractivity contribution in [2.75, 3.05) is 13.7 Å². The van der Waals surface area contributed by atoms with E-state index < -0.39 is 0 Å². The summed E-state index contributed by atoms with van der Waals surface area (Å²) in [5.41, 5.74) is 4.65. The van der Waals surface area contributed by atoms with Gasteiger partial charge in [-0.15, -0.1) is 0 Å². The van der Waals surface area contributed by atoms with Crippen LogP contribution >= 0.6 is 0 Å². The average Bonchev–Trinajstić information content (AvgIpc) is 3.06. The van der Waals surface area contributed by atoms with E-state index in [-0.39, 0.29) is 11.9 Å². The largest absolute Gasteiger partial charge is 0.488 e. The van der Waals surface area contributed by atoms with Crippen LogP contribution in [0.15, 0.2) is 60.7 Å². The molecule has 0 amide bonds. The summed E-state index contributed by atoms with van der Waals surface area (Å²) in [6, 6.07) is 20.0. The van der Waals surface area contributed by atoms with Crippen molar-refractivity contribution in [1.82, 2.24) is 4.57 Å². The summed E-state index contributed by atoms with van der Waals surface area (Å²) in [6.45, 7) is 7.46. The van der Waals surface area contributed by atoms with Crippen LogP contribution < -0.4 is 4.74 Å². The molecule has 0 spiro atoms. The average molecular weight is 402 g/mol. The lowest BCUT2D eigenvalue weighted by Gasteiger charge is -2.15. The van der Waals surface area contributed by atoms with Gasteiger partial charge in [0.05, 0.1) is 6.61 Å². The van der Waals surface area contributed by atoms with Gasteiger partial charge in [-0.2, -0.15) is 0 Å². The molecule has 3 aromatic carbocycles. The third-order valence-corrected chi connectivity index (χ3v) is 5.53. The summed E-state index contributed by atoms with van der Waals surface area (Å²) in [6.07, 6.45) is -0.0470. The number of rotatable bonds is 7. The maximum absolute atomic E-state index is 13.3. The lowest BCUT2D eigenvalue weighted by atomic mass is 9.97. The zero-order valence-electron chi connectivity index (χ0n) is 17.9. The Morgan fingerprint density at radius 2 is 1.77 bits per heavy atom. The van der Waals surface area contributed by atoms with Crippen LogP contribution in [0, 0.1) is 6.92 Å². The van der Waals surface area contributed by atoms with Gasteiger partial charge < -0.3 is 14.0 Å². The first kappa shape index (κ1) is 20.2. The zero-order chi connectivity index (χ0) is 21.3. The molecule has 0 aliphatic carbocycles. The lowest BCUT2D eigenvalue weighted by Crippen LogP contribution is -2.18. The van der Waals surface area contributed by atoms with E-state index in [0.29, 0.717) is 17.7 Å². The van der Waals surface area contributed by atoms with Crippen molar-refractivity contribution in [3.05, 3.63) is 77.4 Å². The van der Waals surface area contributed by atoms with Gasteiger partial charge in [-0.05, 0) is 68.8 Å². The van der Waals surface area contributed by atoms with Crippen LogP contribution in [-0.2, 0) is 11.3 Å². The van der Waals surface area contributed by atoms with Crippen LogP contribution in [0.2, 0.25) is 0 Å². The molecule has 4 rings (SSSR count). The van der Waals surface area contributed by atoms with Gasteiger partial charge >= 0.3 is 0 Å². The maximum Gasteiger partial charge on any atom is 0.193 e. The Labute approximate surface area is 177 Å². The molecule has 1 heterocycles. The van der Waals surface area contributed by atoms with Crippen LogP contribution in [0.1, 0.15) is 35.3 Å². The van der Waals surface area contributed by atoms with Crippen molar-refractivity contribution in [2.45, 2.75) is 33.4 Å². The molecule has 0 aliphatic heterocycles. The molecule has 0 saturated heterocycles. The number of benzene rings is 3. The minimum absolute atomic E-state index is 0.0271. The SMILES string of the molecule is CCn1c2ccccc2c2cc(C(=O)c3ccc(OC(C)COC)cc3C)ccc21. The second kappa shape index (κ2) is 8.33. The Balaban J connectivity index is 1.70.